The summed E-state index contributed by atoms with van der Waals surface area (Å²) in [6.07, 6.45) is 3.63. The smallest absolute Gasteiger partial charge is 0.335 e. The van der Waals surface area contributed by atoms with Crippen LogP contribution in [0.15, 0.2) is 61.7 Å². The van der Waals surface area contributed by atoms with E-state index in [4.69, 9.17) is 14.2 Å². The molecule has 0 spiro atoms. The fourth-order valence-electron chi connectivity index (χ4n) is 2.42. The third kappa shape index (κ3) is 5.31. The van der Waals surface area contributed by atoms with Crippen LogP contribution in [0.4, 0.5) is 0 Å². The molecule has 0 saturated heterocycles. The van der Waals surface area contributed by atoms with Gasteiger partial charge < -0.3 is 14.2 Å². The van der Waals surface area contributed by atoms with Crippen LogP contribution in [0, 0.1) is 0 Å². The van der Waals surface area contributed by atoms with E-state index in [1.54, 1.807) is 36.4 Å². The van der Waals surface area contributed by atoms with E-state index in [2.05, 4.69) is 13.2 Å². The van der Waals surface area contributed by atoms with E-state index >= 15 is 0 Å². The van der Waals surface area contributed by atoms with Crippen molar-refractivity contribution in [2.75, 3.05) is 0 Å². The van der Waals surface area contributed by atoms with Gasteiger partial charge in [0.1, 0.15) is 23.0 Å². The minimum Gasteiger partial charge on any atom is -0.457 e. The lowest BCUT2D eigenvalue weighted by Crippen LogP contribution is -2.04. The molecule has 0 saturated carbocycles. The van der Waals surface area contributed by atoms with Crippen LogP contribution in [0.5, 0.6) is 23.0 Å². The molecule has 0 radical (unpaired) electrons. The maximum absolute atomic E-state index is 11.4. The first-order valence-electron chi connectivity index (χ1n) is 8.62. The molecule has 0 aliphatic carbocycles. The molecule has 27 heavy (non-hydrogen) atoms. The number of carbonyl (C=O) groups excluding carboxylic acids is 2. The second kappa shape index (κ2) is 9.38. The molecule has 2 aromatic rings. The van der Waals surface area contributed by atoms with Gasteiger partial charge in [-0.2, -0.15) is 0 Å². The quantitative estimate of drug-likeness (QED) is 0.382. The summed E-state index contributed by atoms with van der Waals surface area (Å²) in [4.78, 5) is 22.7. The van der Waals surface area contributed by atoms with Crippen molar-refractivity contribution in [2.24, 2.45) is 0 Å². The Kier molecular flexibility index (Phi) is 6.94. The zero-order chi connectivity index (χ0) is 19.8. The van der Waals surface area contributed by atoms with Crippen LogP contribution in [0.3, 0.4) is 0 Å². The van der Waals surface area contributed by atoms with Crippen molar-refractivity contribution in [1.29, 1.82) is 0 Å². The molecule has 0 aliphatic heterocycles. The molecule has 5 heteroatoms. The van der Waals surface area contributed by atoms with Crippen LogP contribution < -0.4 is 14.2 Å². The molecule has 2 aromatic carbocycles. The topological polar surface area (TPSA) is 61.8 Å². The molecule has 0 amide bonds. The Labute approximate surface area is 158 Å². The first-order chi connectivity index (χ1) is 13.0. The van der Waals surface area contributed by atoms with Crippen molar-refractivity contribution >= 4 is 11.9 Å². The Morgan fingerprint density at radius 1 is 0.815 bits per heavy atom. The first-order valence-corrected chi connectivity index (χ1v) is 8.62. The second-order valence-electron chi connectivity index (χ2n) is 5.60. The highest BCUT2D eigenvalue weighted by Crippen LogP contribution is 2.33. The Morgan fingerprint density at radius 2 is 1.22 bits per heavy atom. The maximum Gasteiger partial charge on any atom is 0.335 e. The van der Waals surface area contributed by atoms with Gasteiger partial charge in [-0.25, -0.2) is 9.59 Å². The molecule has 0 aromatic heterocycles. The third-order valence-electron chi connectivity index (χ3n) is 3.82. The number of carbonyl (C=O) groups is 2. The number of benzene rings is 2. The molecule has 0 bridgehead atoms. The molecule has 0 fully saturated rings. The third-order valence-corrected chi connectivity index (χ3v) is 3.82. The highest BCUT2D eigenvalue weighted by atomic mass is 16.5. The van der Waals surface area contributed by atoms with Gasteiger partial charge in [0.05, 0.1) is 0 Å². The zero-order valence-electron chi connectivity index (χ0n) is 15.5. The Balaban J connectivity index is 2.27. The molecule has 140 valence electrons. The lowest BCUT2D eigenvalue weighted by atomic mass is 10.1. The van der Waals surface area contributed by atoms with Gasteiger partial charge in [0.15, 0.2) is 0 Å². The Bertz CT molecular complexity index is 796. The summed E-state index contributed by atoms with van der Waals surface area (Å²) < 4.78 is 16.4. The van der Waals surface area contributed by atoms with E-state index in [0.29, 0.717) is 35.8 Å². The number of aryl methyl sites for hydroxylation is 2. The number of rotatable bonds is 8. The molecule has 0 atom stereocenters. The zero-order valence-corrected chi connectivity index (χ0v) is 15.5. The summed E-state index contributed by atoms with van der Waals surface area (Å²) in [5, 5.41) is 0. The van der Waals surface area contributed by atoms with Crippen LogP contribution in [0.1, 0.15) is 25.0 Å². The van der Waals surface area contributed by atoms with E-state index in [-0.39, 0.29) is 0 Å². The maximum atomic E-state index is 11.4. The van der Waals surface area contributed by atoms with Gasteiger partial charge in [-0.05, 0) is 60.4 Å². The minimum absolute atomic E-state index is 0.437. The fourth-order valence-corrected chi connectivity index (χ4v) is 2.42. The van der Waals surface area contributed by atoms with Crippen molar-refractivity contribution < 1.29 is 23.8 Å². The van der Waals surface area contributed by atoms with Crippen LogP contribution in [0.25, 0.3) is 0 Å². The monoisotopic (exact) mass is 366 g/mol. The van der Waals surface area contributed by atoms with E-state index in [0.717, 1.165) is 23.3 Å². The highest BCUT2D eigenvalue weighted by molar-refractivity contribution is 5.83. The number of ether oxygens (including phenoxy) is 3. The van der Waals surface area contributed by atoms with Gasteiger partial charge in [-0.3, -0.25) is 0 Å². The predicted octanol–water partition coefficient (Wildman–Crippen LogP) is 4.79. The summed E-state index contributed by atoms with van der Waals surface area (Å²) in [7, 11) is 0. The lowest BCUT2D eigenvalue weighted by molar-refractivity contribution is -0.129. The second-order valence-corrected chi connectivity index (χ2v) is 5.60. The van der Waals surface area contributed by atoms with Crippen LogP contribution in [0.2, 0.25) is 0 Å². The van der Waals surface area contributed by atoms with Gasteiger partial charge in [-0.1, -0.05) is 27.0 Å². The van der Waals surface area contributed by atoms with Crippen molar-refractivity contribution in [3.8, 4) is 23.0 Å². The van der Waals surface area contributed by atoms with Gasteiger partial charge >= 0.3 is 11.9 Å². The van der Waals surface area contributed by atoms with Crippen molar-refractivity contribution in [3.05, 3.63) is 72.8 Å². The molecular formula is C22H22O5. The molecular weight excluding hydrogens is 344 g/mol. The van der Waals surface area contributed by atoms with Crippen LogP contribution >= 0.6 is 0 Å². The normalized spacial score (nSPS) is 10.0. The summed E-state index contributed by atoms with van der Waals surface area (Å²) in [5.41, 5.74) is 1.79. The largest absolute Gasteiger partial charge is 0.457 e. The lowest BCUT2D eigenvalue weighted by Gasteiger charge is -2.15. The molecule has 0 heterocycles. The van der Waals surface area contributed by atoms with E-state index in [9.17, 15) is 9.59 Å². The van der Waals surface area contributed by atoms with Gasteiger partial charge in [0, 0.05) is 12.2 Å². The van der Waals surface area contributed by atoms with Crippen molar-refractivity contribution in [2.45, 2.75) is 26.7 Å². The summed E-state index contributed by atoms with van der Waals surface area (Å²) in [6.45, 7) is 10.7. The van der Waals surface area contributed by atoms with E-state index in [1.165, 1.54) is 0 Å². The predicted molar refractivity (Wildman–Crippen MR) is 103 cm³/mol. The molecule has 5 nitrogen and oxygen atoms in total. The standard InChI is InChI=1S/C22H22O5/c1-5-15-13-17(25-21(23)7-3)9-11-19(15)27-20-12-10-18(14-16(20)6-2)26-22(24)8-4/h7-14H,3-6H2,1-2H3. The van der Waals surface area contributed by atoms with Gasteiger partial charge in [0.2, 0.25) is 0 Å². The molecule has 2 rings (SSSR count). The Hall–Kier alpha value is -3.34. The SMILES string of the molecule is C=CC(=O)Oc1ccc(Oc2ccc(OC(=O)C=C)cc2CC)c(CC)c1. The average molecular weight is 366 g/mol. The molecule has 0 unspecified atom stereocenters. The van der Waals surface area contributed by atoms with Gasteiger partial charge in [-0.15, -0.1) is 0 Å². The average Bonchev–Trinajstić information content (AvgIpc) is 2.69. The van der Waals surface area contributed by atoms with Crippen LogP contribution in [-0.2, 0) is 22.4 Å². The highest BCUT2D eigenvalue weighted by Gasteiger charge is 2.11. The fraction of sp³-hybridized carbons (Fsp3) is 0.182. The summed E-state index contributed by atoms with van der Waals surface area (Å²) >= 11 is 0. The molecule has 0 N–H and O–H groups in total. The summed E-state index contributed by atoms with van der Waals surface area (Å²) in [5.74, 6) is 1.19. The van der Waals surface area contributed by atoms with Crippen LogP contribution in [-0.4, -0.2) is 11.9 Å². The van der Waals surface area contributed by atoms with Gasteiger partial charge in [0.25, 0.3) is 0 Å². The number of hydrogen-bond acceptors (Lipinski definition) is 5. The van der Waals surface area contributed by atoms with E-state index < -0.39 is 11.9 Å². The first kappa shape index (κ1) is 20.0. The van der Waals surface area contributed by atoms with Crippen molar-refractivity contribution in [3.63, 3.8) is 0 Å². The number of esters is 2. The molecule has 0 aliphatic rings. The van der Waals surface area contributed by atoms with Crippen molar-refractivity contribution in [1.82, 2.24) is 0 Å². The van der Waals surface area contributed by atoms with E-state index in [1.807, 2.05) is 13.8 Å². The Morgan fingerprint density at radius 3 is 1.56 bits per heavy atom. The summed E-state index contributed by atoms with van der Waals surface area (Å²) in [6, 6.07) is 10.4. The number of hydrogen-bond donors (Lipinski definition) is 0. The minimum atomic E-state index is -0.511.